The van der Waals surface area contributed by atoms with Crippen LogP contribution in [0.2, 0.25) is 0 Å². The summed E-state index contributed by atoms with van der Waals surface area (Å²) < 4.78 is 0. The minimum absolute atomic E-state index is 0.433. The summed E-state index contributed by atoms with van der Waals surface area (Å²) in [5.41, 5.74) is 6.50. The Balaban J connectivity index is 1.73. The van der Waals surface area contributed by atoms with Crippen LogP contribution in [0.25, 0.3) is 0 Å². The van der Waals surface area contributed by atoms with Crippen LogP contribution in [0.3, 0.4) is 0 Å². The standard InChI is InChI=1S/C20H23N/c1-15-5-4-8-16(11-15)19-14-21-10-9-20(19)12-17-6-2-3-7-18(17)13-20/h2-8,11,19,21H,9-10,12-14H2,1H3. The van der Waals surface area contributed by atoms with Crippen molar-refractivity contribution < 1.29 is 0 Å². The van der Waals surface area contributed by atoms with Crippen molar-refractivity contribution in [2.45, 2.75) is 32.1 Å². The van der Waals surface area contributed by atoms with Gasteiger partial charge in [0.25, 0.3) is 0 Å². The lowest BCUT2D eigenvalue weighted by atomic mass is 9.66. The first kappa shape index (κ1) is 13.1. The Hall–Kier alpha value is -1.60. The highest BCUT2D eigenvalue weighted by molar-refractivity contribution is 5.38. The number of fused-ring (bicyclic) bond motifs is 1. The molecule has 1 N–H and O–H groups in total. The molecule has 4 rings (SSSR count). The SMILES string of the molecule is Cc1cccc(C2CNCCC23Cc2ccccc2C3)c1. The van der Waals surface area contributed by atoms with Gasteiger partial charge in [-0.05, 0) is 54.8 Å². The van der Waals surface area contributed by atoms with E-state index in [1.165, 1.54) is 30.4 Å². The molecule has 1 atom stereocenters. The summed E-state index contributed by atoms with van der Waals surface area (Å²) >= 11 is 0. The van der Waals surface area contributed by atoms with Crippen molar-refractivity contribution in [2.24, 2.45) is 5.41 Å². The minimum Gasteiger partial charge on any atom is -0.316 e. The van der Waals surface area contributed by atoms with Gasteiger partial charge in [0.2, 0.25) is 0 Å². The number of hydrogen-bond donors (Lipinski definition) is 1. The van der Waals surface area contributed by atoms with Crippen LogP contribution in [-0.2, 0) is 12.8 Å². The topological polar surface area (TPSA) is 12.0 Å². The number of piperidine rings is 1. The Bertz CT molecular complexity index is 633. The molecule has 1 nitrogen and oxygen atoms in total. The predicted molar refractivity (Wildman–Crippen MR) is 87.7 cm³/mol. The van der Waals surface area contributed by atoms with Crippen LogP contribution in [-0.4, -0.2) is 13.1 Å². The van der Waals surface area contributed by atoms with Crippen molar-refractivity contribution in [3.8, 4) is 0 Å². The number of hydrogen-bond acceptors (Lipinski definition) is 1. The molecule has 0 bridgehead atoms. The Kier molecular flexibility index (Phi) is 3.11. The van der Waals surface area contributed by atoms with Gasteiger partial charge in [-0.3, -0.25) is 0 Å². The van der Waals surface area contributed by atoms with Crippen LogP contribution in [0.4, 0.5) is 0 Å². The van der Waals surface area contributed by atoms with Crippen LogP contribution in [0.1, 0.15) is 34.6 Å². The van der Waals surface area contributed by atoms with Gasteiger partial charge < -0.3 is 5.32 Å². The maximum absolute atomic E-state index is 3.63. The van der Waals surface area contributed by atoms with Gasteiger partial charge in [0.1, 0.15) is 0 Å². The van der Waals surface area contributed by atoms with Crippen molar-refractivity contribution in [3.63, 3.8) is 0 Å². The maximum Gasteiger partial charge on any atom is 0.00268 e. The second-order valence-electron chi connectivity index (χ2n) is 6.91. The fourth-order valence-electron chi connectivity index (χ4n) is 4.48. The second-order valence-corrected chi connectivity index (χ2v) is 6.91. The molecule has 0 amide bonds. The van der Waals surface area contributed by atoms with Crippen molar-refractivity contribution in [1.82, 2.24) is 5.32 Å². The molecule has 1 heteroatoms. The molecular weight excluding hydrogens is 254 g/mol. The Morgan fingerprint density at radius 2 is 1.76 bits per heavy atom. The number of aryl methyl sites for hydroxylation is 1. The average molecular weight is 277 g/mol. The molecule has 1 aliphatic heterocycles. The summed E-state index contributed by atoms with van der Waals surface area (Å²) in [4.78, 5) is 0. The quantitative estimate of drug-likeness (QED) is 0.834. The van der Waals surface area contributed by atoms with E-state index < -0.39 is 0 Å². The summed E-state index contributed by atoms with van der Waals surface area (Å²) in [7, 11) is 0. The smallest absolute Gasteiger partial charge is 0.00268 e. The Labute approximate surface area is 127 Å². The molecule has 0 radical (unpaired) electrons. The Morgan fingerprint density at radius 1 is 1.00 bits per heavy atom. The van der Waals surface area contributed by atoms with E-state index in [4.69, 9.17) is 0 Å². The van der Waals surface area contributed by atoms with Crippen molar-refractivity contribution in [2.75, 3.05) is 13.1 Å². The van der Waals surface area contributed by atoms with Gasteiger partial charge in [-0.1, -0.05) is 54.1 Å². The van der Waals surface area contributed by atoms with E-state index in [-0.39, 0.29) is 0 Å². The lowest BCUT2D eigenvalue weighted by Crippen LogP contribution is -2.44. The third-order valence-electron chi connectivity index (χ3n) is 5.54. The highest BCUT2D eigenvalue weighted by atomic mass is 14.9. The normalized spacial score (nSPS) is 23.2. The Morgan fingerprint density at radius 3 is 2.48 bits per heavy atom. The summed E-state index contributed by atoms with van der Waals surface area (Å²) in [6, 6.07) is 18.2. The summed E-state index contributed by atoms with van der Waals surface area (Å²) in [5, 5.41) is 3.63. The summed E-state index contributed by atoms with van der Waals surface area (Å²) in [6.07, 6.45) is 3.80. The van der Waals surface area contributed by atoms with E-state index in [0.717, 1.165) is 13.1 Å². The molecule has 0 aromatic heterocycles. The minimum atomic E-state index is 0.433. The van der Waals surface area contributed by atoms with Gasteiger partial charge in [0.05, 0.1) is 0 Å². The summed E-state index contributed by atoms with van der Waals surface area (Å²) in [5.74, 6) is 0.638. The zero-order chi connectivity index (χ0) is 14.3. The number of benzene rings is 2. The van der Waals surface area contributed by atoms with Gasteiger partial charge in [-0.25, -0.2) is 0 Å². The van der Waals surface area contributed by atoms with Crippen LogP contribution >= 0.6 is 0 Å². The van der Waals surface area contributed by atoms with Gasteiger partial charge >= 0.3 is 0 Å². The third kappa shape index (κ3) is 2.20. The molecular formula is C20H23N. The fourth-order valence-corrected chi connectivity index (χ4v) is 4.48. The lowest BCUT2D eigenvalue weighted by Gasteiger charge is -2.42. The fraction of sp³-hybridized carbons (Fsp3) is 0.400. The molecule has 1 fully saturated rings. The molecule has 1 aliphatic carbocycles. The van der Waals surface area contributed by atoms with E-state index in [1.807, 2.05) is 0 Å². The largest absolute Gasteiger partial charge is 0.316 e. The first-order chi connectivity index (χ1) is 10.3. The van der Waals surface area contributed by atoms with Crippen LogP contribution < -0.4 is 5.32 Å². The summed E-state index contributed by atoms with van der Waals surface area (Å²) in [6.45, 7) is 4.49. The van der Waals surface area contributed by atoms with E-state index in [2.05, 4.69) is 60.8 Å². The molecule has 0 saturated carbocycles. The number of nitrogens with one attached hydrogen (secondary N) is 1. The monoisotopic (exact) mass is 277 g/mol. The van der Waals surface area contributed by atoms with E-state index >= 15 is 0 Å². The van der Waals surface area contributed by atoms with E-state index in [1.54, 1.807) is 11.1 Å². The average Bonchev–Trinajstić information content (AvgIpc) is 2.86. The molecule has 1 heterocycles. The van der Waals surface area contributed by atoms with Crippen molar-refractivity contribution >= 4 is 0 Å². The maximum atomic E-state index is 3.63. The highest BCUT2D eigenvalue weighted by Gasteiger charge is 2.45. The first-order valence-corrected chi connectivity index (χ1v) is 8.11. The number of rotatable bonds is 1. The van der Waals surface area contributed by atoms with Gasteiger partial charge in [0, 0.05) is 12.5 Å². The highest BCUT2D eigenvalue weighted by Crippen LogP contribution is 2.50. The molecule has 2 aliphatic rings. The van der Waals surface area contributed by atoms with E-state index in [9.17, 15) is 0 Å². The molecule has 2 aromatic carbocycles. The van der Waals surface area contributed by atoms with Gasteiger partial charge in [-0.2, -0.15) is 0 Å². The van der Waals surface area contributed by atoms with Crippen LogP contribution in [0, 0.1) is 12.3 Å². The first-order valence-electron chi connectivity index (χ1n) is 8.11. The molecule has 1 unspecified atom stereocenters. The predicted octanol–water partition coefficient (Wildman–Crippen LogP) is 3.86. The second kappa shape index (κ2) is 4.99. The molecule has 108 valence electrons. The zero-order valence-electron chi connectivity index (χ0n) is 12.7. The molecule has 1 spiro atoms. The van der Waals surface area contributed by atoms with Crippen LogP contribution in [0.15, 0.2) is 48.5 Å². The molecule has 21 heavy (non-hydrogen) atoms. The van der Waals surface area contributed by atoms with Crippen LogP contribution in [0.5, 0.6) is 0 Å². The molecule has 1 saturated heterocycles. The van der Waals surface area contributed by atoms with Gasteiger partial charge in [-0.15, -0.1) is 0 Å². The lowest BCUT2D eigenvalue weighted by molar-refractivity contribution is 0.175. The van der Waals surface area contributed by atoms with Crippen molar-refractivity contribution in [1.29, 1.82) is 0 Å². The van der Waals surface area contributed by atoms with Gasteiger partial charge in [0.15, 0.2) is 0 Å². The zero-order valence-corrected chi connectivity index (χ0v) is 12.7. The third-order valence-corrected chi connectivity index (χ3v) is 5.54. The molecule has 2 aromatic rings. The van der Waals surface area contributed by atoms with Crippen molar-refractivity contribution in [3.05, 3.63) is 70.8 Å². The van der Waals surface area contributed by atoms with E-state index in [0.29, 0.717) is 11.3 Å².